The van der Waals surface area contributed by atoms with E-state index in [-0.39, 0.29) is 12.2 Å². The van der Waals surface area contributed by atoms with Gasteiger partial charge in [0.1, 0.15) is 17.7 Å². The standard InChI is InChI=1S/C17H16F2N2O3S/c18-11-6-7-13(14(19)10-11)17(23)21-15(16(20)22)8-9-25(24)12-4-2-1-3-5-12/h1-7,10,15H,8-9H2,(H2,20,22)(H,21,23)/t15-,25+/m1/s1. The highest BCUT2D eigenvalue weighted by Gasteiger charge is 2.22. The van der Waals surface area contributed by atoms with Crippen molar-refractivity contribution in [3.05, 3.63) is 65.7 Å². The molecular weight excluding hydrogens is 350 g/mol. The molecule has 8 heteroatoms. The number of amides is 2. The molecule has 0 radical (unpaired) electrons. The summed E-state index contributed by atoms with van der Waals surface area (Å²) in [5, 5.41) is 2.29. The molecule has 2 atom stereocenters. The number of nitrogens with one attached hydrogen (secondary N) is 1. The van der Waals surface area contributed by atoms with Crippen molar-refractivity contribution in [3.8, 4) is 0 Å². The Kier molecular flexibility index (Phi) is 6.35. The van der Waals surface area contributed by atoms with E-state index in [1.165, 1.54) is 0 Å². The summed E-state index contributed by atoms with van der Waals surface area (Å²) in [6.45, 7) is 0. The first kappa shape index (κ1) is 18.7. The smallest absolute Gasteiger partial charge is 0.254 e. The minimum Gasteiger partial charge on any atom is -0.368 e. The van der Waals surface area contributed by atoms with E-state index in [1.54, 1.807) is 30.3 Å². The van der Waals surface area contributed by atoms with Crippen molar-refractivity contribution in [1.29, 1.82) is 0 Å². The molecule has 0 spiro atoms. The lowest BCUT2D eigenvalue weighted by molar-refractivity contribution is -0.119. The van der Waals surface area contributed by atoms with Gasteiger partial charge in [0.15, 0.2) is 0 Å². The lowest BCUT2D eigenvalue weighted by atomic mass is 10.1. The molecule has 5 nitrogen and oxygen atoms in total. The fourth-order valence-electron chi connectivity index (χ4n) is 2.11. The van der Waals surface area contributed by atoms with Gasteiger partial charge in [0.05, 0.1) is 16.4 Å². The highest BCUT2D eigenvalue weighted by Crippen LogP contribution is 2.11. The predicted octanol–water partition coefficient (Wildman–Crippen LogP) is 1.75. The molecule has 0 aromatic heterocycles. The quantitative estimate of drug-likeness (QED) is 0.782. The van der Waals surface area contributed by atoms with Crippen molar-refractivity contribution < 1.29 is 22.6 Å². The fourth-order valence-corrected chi connectivity index (χ4v) is 3.26. The summed E-state index contributed by atoms with van der Waals surface area (Å²) in [6.07, 6.45) is 0.0192. The molecule has 0 saturated carbocycles. The van der Waals surface area contributed by atoms with Crippen molar-refractivity contribution >= 4 is 22.6 Å². The largest absolute Gasteiger partial charge is 0.368 e. The highest BCUT2D eigenvalue weighted by molar-refractivity contribution is 7.85. The van der Waals surface area contributed by atoms with Crippen molar-refractivity contribution in [2.24, 2.45) is 5.73 Å². The summed E-state index contributed by atoms with van der Waals surface area (Å²) in [5.74, 6) is -3.51. The lowest BCUT2D eigenvalue weighted by Gasteiger charge is -2.15. The van der Waals surface area contributed by atoms with Gasteiger partial charge in [-0.3, -0.25) is 13.8 Å². The van der Waals surface area contributed by atoms with Gasteiger partial charge in [0.2, 0.25) is 5.91 Å². The summed E-state index contributed by atoms with van der Waals surface area (Å²) in [5.41, 5.74) is 4.84. The van der Waals surface area contributed by atoms with Crippen LogP contribution in [0.4, 0.5) is 8.78 Å². The van der Waals surface area contributed by atoms with E-state index in [9.17, 15) is 22.6 Å². The molecular formula is C17H16F2N2O3S. The van der Waals surface area contributed by atoms with Gasteiger partial charge < -0.3 is 11.1 Å². The minimum atomic E-state index is -1.37. The average molecular weight is 366 g/mol. The molecule has 25 heavy (non-hydrogen) atoms. The molecule has 0 bridgehead atoms. The average Bonchev–Trinajstić information content (AvgIpc) is 2.58. The van der Waals surface area contributed by atoms with Gasteiger partial charge in [-0.25, -0.2) is 8.78 Å². The molecule has 0 aliphatic rings. The van der Waals surface area contributed by atoms with Crippen LogP contribution in [0.2, 0.25) is 0 Å². The summed E-state index contributed by atoms with van der Waals surface area (Å²) >= 11 is 0. The molecule has 3 N–H and O–H groups in total. The van der Waals surface area contributed by atoms with Gasteiger partial charge in [-0.15, -0.1) is 0 Å². The molecule has 0 aliphatic heterocycles. The van der Waals surface area contributed by atoms with E-state index < -0.39 is 45.9 Å². The Morgan fingerprint density at radius 2 is 1.80 bits per heavy atom. The maximum absolute atomic E-state index is 13.6. The molecule has 2 rings (SSSR count). The Morgan fingerprint density at radius 1 is 1.12 bits per heavy atom. The number of nitrogens with two attached hydrogens (primary N) is 1. The second kappa shape index (κ2) is 8.48. The van der Waals surface area contributed by atoms with Crippen LogP contribution in [0, 0.1) is 11.6 Å². The molecule has 0 saturated heterocycles. The minimum absolute atomic E-state index is 0.0192. The number of carbonyl (C=O) groups excluding carboxylic acids is 2. The molecule has 0 heterocycles. The van der Waals surface area contributed by atoms with Crippen molar-refractivity contribution in [2.75, 3.05) is 5.75 Å². The molecule has 132 valence electrons. The molecule has 0 fully saturated rings. The summed E-state index contributed by atoms with van der Waals surface area (Å²) in [4.78, 5) is 24.1. The number of rotatable bonds is 7. The first-order valence-electron chi connectivity index (χ1n) is 7.37. The Morgan fingerprint density at radius 3 is 2.40 bits per heavy atom. The van der Waals surface area contributed by atoms with Crippen molar-refractivity contribution in [3.63, 3.8) is 0 Å². The maximum Gasteiger partial charge on any atom is 0.254 e. The van der Waals surface area contributed by atoms with Crippen LogP contribution in [0.1, 0.15) is 16.8 Å². The molecule has 2 amide bonds. The third-order valence-electron chi connectivity index (χ3n) is 3.42. The van der Waals surface area contributed by atoms with E-state index in [0.29, 0.717) is 11.0 Å². The van der Waals surface area contributed by atoms with Gasteiger partial charge >= 0.3 is 0 Å². The molecule has 2 aromatic carbocycles. The van der Waals surface area contributed by atoms with E-state index in [0.717, 1.165) is 12.1 Å². The van der Waals surface area contributed by atoms with Crippen LogP contribution >= 0.6 is 0 Å². The zero-order chi connectivity index (χ0) is 18.4. The van der Waals surface area contributed by atoms with Crippen molar-refractivity contribution in [2.45, 2.75) is 17.4 Å². The van der Waals surface area contributed by atoms with Crippen LogP contribution < -0.4 is 11.1 Å². The predicted molar refractivity (Wildman–Crippen MR) is 89.1 cm³/mol. The van der Waals surface area contributed by atoms with E-state index >= 15 is 0 Å². The molecule has 0 aliphatic carbocycles. The van der Waals surface area contributed by atoms with Gasteiger partial charge in [0.25, 0.3) is 5.91 Å². The van der Waals surface area contributed by atoms with Crippen LogP contribution in [-0.4, -0.2) is 27.8 Å². The number of halogens is 2. The van der Waals surface area contributed by atoms with Crippen molar-refractivity contribution in [1.82, 2.24) is 5.32 Å². The number of hydrogen-bond acceptors (Lipinski definition) is 3. The van der Waals surface area contributed by atoms with Gasteiger partial charge in [0, 0.05) is 16.7 Å². The zero-order valence-electron chi connectivity index (χ0n) is 13.1. The Hall–Kier alpha value is -2.61. The second-order valence-corrected chi connectivity index (χ2v) is 6.77. The molecule has 0 unspecified atom stereocenters. The van der Waals surface area contributed by atoms with Gasteiger partial charge in [-0.1, -0.05) is 18.2 Å². The number of hydrogen-bond donors (Lipinski definition) is 2. The van der Waals surface area contributed by atoms with E-state index in [1.807, 2.05) is 0 Å². The Labute approximate surface area is 145 Å². The fraction of sp³-hybridized carbons (Fsp3) is 0.176. The van der Waals surface area contributed by atoms with Crippen LogP contribution in [-0.2, 0) is 15.6 Å². The summed E-state index contributed by atoms with van der Waals surface area (Å²) in [6, 6.07) is 9.97. The first-order chi connectivity index (χ1) is 11.9. The summed E-state index contributed by atoms with van der Waals surface area (Å²) < 4.78 is 38.7. The Bertz CT molecular complexity index is 800. The molecule has 2 aromatic rings. The van der Waals surface area contributed by atoms with Crippen LogP contribution in [0.15, 0.2) is 53.4 Å². The van der Waals surface area contributed by atoms with E-state index in [4.69, 9.17) is 5.73 Å². The number of carbonyl (C=O) groups is 2. The lowest BCUT2D eigenvalue weighted by Crippen LogP contribution is -2.45. The number of benzene rings is 2. The monoisotopic (exact) mass is 366 g/mol. The van der Waals surface area contributed by atoms with E-state index in [2.05, 4.69) is 5.32 Å². The zero-order valence-corrected chi connectivity index (χ0v) is 13.9. The third kappa shape index (κ3) is 5.18. The van der Waals surface area contributed by atoms with Crippen LogP contribution in [0.25, 0.3) is 0 Å². The topological polar surface area (TPSA) is 89.3 Å². The maximum atomic E-state index is 13.6. The Balaban J connectivity index is 2.02. The van der Waals surface area contributed by atoms with Gasteiger partial charge in [-0.2, -0.15) is 0 Å². The first-order valence-corrected chi connectivity index (χ1v) is 8.69. The van der Waals surface area contributed by atoms with Crippen LogP contribution in [0.5, 0.6) is 0 Å². The SMILES string of the molecule is NC(=O)[C@@H](CC[S@](=O)c1ccccc1)NC(=O)c1ccc(F)cc1F. The normalized spacial score (nSPS) is 13.0. The number of primary amides is 1. The third-order valence-corrected chi connectivity index (χ3v) is 4.83. The van der Waals surface area contributed by atoms with Crippen LogP contribution in [0.3, 0.4) is 0 Å². The summed E-state index contributed by atoms with van der Waals surface area (Å²) in [7, 11) is -1.37. The van der Waals surface area contributed by atoms with Gasteiger partial charge in [-0.05, 0) is 30.7 Å². The second-order valence-electron chi connectivity index (χ2n) is 5.20. The highest BCUT2D eigenvalue weighted by atomic mass is 32.2.